The highest BCUT2D eigenvalue weighted by molar-refractivity contribution is 9.11. The molecule has 13 heteroatoms. The van der Waals surface area contributed by atoms with Crippen molar-refractivity contribution in [3.05, 3.63) is 37.6 Å². The van der Waals surface area contributed by atoms with Gasteiger partial charge in [0.05, 0.1) is 12.2 Å². The molecule has 2 rings (SSSR count). The summed E-state index contributed by atoms with van der Waals surface area (Å²) in [4.78, 5) is 51.9. The molecule has 4 N–H and O–H groups in total. The van der Waals surface area contributed by atoms with E-state index in [0.29, 0.717) is 25.8 Å². The van der Waals surface area contributed by atoms with Crippen molar-refractivity contribution in [1.82, 2.24) is 14.9 Å². The van der Waals surface area contributed by atoms with Crippen LogP contribution in [0.4, 0.5) is 4.79 Å². The number of carbonyl (C=O) groups is 2. The fraction of sp³-hybridized carbons (Fsp3) is 0.636. The number of carbonyl (C=O) groups excluding carboxylic acids is 2. The van der Waals surface area contributed by atoms with Gasteiger partial charge in [-0.25, -0.2) is 9.59 Å². The molecule has 0 spiro atoms. The molecule has 2 heterocycles. The van der Waals surface area contributed by atoms with Crippen molar-refractivity contribution in [2.24, 2.45) is 0 Å². The third kappa shape index (κ3) is 8.60. The Hall–Kier alpha value is -2.48. The first-order valence-electron chi connectivity index (χ1n) is 11.2. The number of ether oxygens (including phenoxy) is 3. The second kappa shape index (κ2) is 13.0. The first-order valence-corrected chi connectivity index (χ1v) is 12.1. The van der Waals surface area contributed by atoms with Crippen molar-refractivity contribution in [3.8, 4) is 0 Å². The number of aliphatic hydroxyl groups excluding tert-OH is 2. The Balaban J connectivity index is 1.94. The van der Waals surface area contributed by atoms with Gasteiger partial charge in [0, 0.05) is 19.2 Å². The molecular formula is C22H32BrN3O9. The molecule has 0 radical (unpaired) electrons. The largest absolute Gasteiger partial charge is 0.455 e. The van der Waals surface area contributed by atoms with E-state index in [9.17, 15) is 29.4 Å². The summed E-state index contributed by atoms with van der Waals surface area (Å²) >= 11 is 3.06. The molecule has 1 amide bonds. The number of alkyl carbamates (subject to hydrolysis) is 1. The number of hydrogen-bond acceptors (Lipinski definition) is 9. The summed E-state index contributed by atoms with van der Waals surface area (Å²) in [5.41, 5.74) is -1.91. The maximum atomic E-state index is 12.4. The van der Waals surface area contributed by atoms with Crippen LogP contribution in [-0.2, 0) is 19.0 Å². The van der Waals surface area contributed by atoms with Crippen molar-refractivity contribution in [3.63, 3.8) is 0 Å². The molecule has 1 saturated heterocycles. The number of unbranched alkanes of at least 4 members (excludes halogenated alkanes) is 2. The topological polar surface area (TPSA) is 169 Å². The lowest BCUT2D eigenvalue weighted by molar-refractivity contribution is -0.159. The number of amides is 1. The van der Waals surface area contributed by atoms with Crippen LogP contribution < -0.4 is 16.6 Å². The molecule has 0 bridgehead atoms. The van der Waals surface area contributed by atoms with E-state index in [1.807, 2.05) is 0 Å². The Kier molecular flexibility index (Phi) is 10.7. The molecule has 1 aliphatic heterocycles. The van der Waals surface area contributed by atoms with Gasteiger partial charge in [-0.1, -0.05) is 22.4 Å². The Labute approximate surface area is 210 Å². The standard InChI is InChI=1S/C22H32BrN3O9/c1-22(2,3)35-21(32)24-10-6-4-5-7-15(28)34-17-16(29)14(12-27)33-19(17)26-11-13(8-9-23)18(30)25-20(26)31/h8-9,11,14,16-17,19,27,29H,4-7,10,12H2,1-3H3,(H,24,32)(H,25,30,31)/b9-8+/t14-,16-,17+,19-/m1/s1. The smallest absolute Gasteiger partial charge is 0.407 e. The van der Waals surface area contributed by atoms with Gasteiger partial charge in [-0.2, -0.15) is 0 Å². The summed E-state index contributed by atoms with van der Waals surface area (Å²) in [6, 6.07) is 0. The first kappa shape index (κ1) is 28.8. The van der Waals surface area contributed by atoms with Crippen molar-refractivity contribution >= 4 is 34.1 Å². The van der Waals surface area contributed by atoms with Gasteiger partial charge in [0.25, 0.3) is 5.56 Å². The van der Waals surface area contributed by atoms with Crippen molar-refractivity contribution in [2.45, 2.75) is 76.6 Å². The van der Waals surface area contributed by atoms with E-state index in [2.05, 4.69) is 26.2 Å². The zero-order valence-electron chi connectivity index (χ0n) is 19.9. The van der Waals surface area contributed by atoms with Crippen LogP contribution in [0.5, 0.6) is 0 Å². The third-order valence-corrected chi connectivity index (χ3v) is 5.26. The van der Waals surface area contributed by atoms with Crippen LogP contribution in [0.2, 0.25) is 0 Å². The lowest BCUT2D eigenvalue weighted by Crippen LogP contribution is -2.41. The SMILES string of the molecule is CC(C)(C)OC(=O)NCCCCCC(=O)O[C@H]1[C@H](O)[C@@H](CO)O[C@H]1n1cc(/C=C/Br)c(=O)[nH]c1=O. The molecule has 0 aromatic carbocycles. The molecule has 12 nitrogen and oxygen atoms in total. The predicted molar refractivity (Wildman–Crippen MR) is 129 cm³/mol. The van der Waals surface area contributed by atoms with Crippen LogP contribution in [-0.4, -0.2) is 68.9 Å². The molecular weight excluding hydrogens is 530 g/mol. The molecule has 1 aromatic rings. The predicted octanol–water partition coefficient (Wildman–Crippen LogP) is 1.15. The van der Waals surface area contributed by atoms with Gasteiger partial charge in [0.2, 0.25) is 0 Å². The summed E-state index contributed by atoms with van der Waals surface area (Å²) in [5.74, 6) is -0.626. The Morgan fingerprint density at radius 1 is 1.29 bits per heavy atom. The minimum atomic E-state index is -1.39. The zero-order chi connectivity index (χ0) is 26.2. The second-order valence-electron chi connectivity index (χ2n) is 8.98. The molecule has 0 aliphatic carbocycles. The van der Waals surface area contributed by atoms with Crippen molar-refractivity contribution < 1.29 is 34.0 Å². The minimum absolute atomic E-state index is 0.0320. The highest BCUT2D eigenvalue weighted by atomic mass is 79.9. The van der Waals surface area contributed by atoms with Crippen LogP contribution in [0.15, 0.2) is 20.8 Å². The van der Waals surface area contributed by atoms with Crippen LogP contribution in [0.25, 0.3) is 6.08 Å². The normalized spacial score (nSPS) is 22.3. The number of hydrogen-bond donors (Lipinski definition) is 4. The molecule has 4 atom stereocenters. The number of aliphatic hydroxyl groups is 2. The number of aromatic nitrogens is 2. The minimum Gasteiger partial charge on any atom is -0.455 e. The van der Waals surface area contributed by atoms with E-state index in [1.54, 1.807) is 20.8 Å². The summed E-state index contributed by atoms with van der Waals surface area (Å²) in [6.45, 7) is 5.13. The van der Waals surface area contributed by atoms with Crippen LogP contribution in [0.3, 0.4) is 0 Å². The highest BCUT2D eigenvalue weighted by Crippen LogP contribution is 2.31. The van der Waals surface area contributed by atoms with Gasteiger partial charge in [-0.3, -0.25) is 19.1 Å². The lowest BCUT2D eigenvalue weighted by Gasteiger charge is -2.22. The number of nitrogens with one attached hydrogen (secondary N) is 2. The number of esters is 1. The molecule has 1 fully saturated rings. The van der Waals surface area contributed by atoms with Crippen LogP contribution in [0, 0.1) is 0 Å². The Bertz CT molecular complexity index is 1010. The van der Waals surface area contributed by atoms with Gasteiger partial charge in [-0.15, -0.1) is 0 Å². The van der Waals surface area contributed by atoms with Crippen LogP contribution >= 0.6 is 15.9 Å². The summed E-state index contributed by atoms with van der Waals surface area (Å²) in [6.07, 6.45) is -1.16. The summed E-state index contributed by atoms with van der Waals surface area (Å²) in [7, 11) is 0. The zero-order valence-corrected chi connectivity index (χ0v) is 21.4. The van der Waals surface area contributed by atoms with Gasteiger partial charge >= 0.3 is 17.8 Å². The molecule has 196 valence electrons. The van der Waals surface area contributed by atoms with Crippen LogP contribution in [0.1, 0.15) is 58.2 Å². The summed E-state index contributed by atoms with van der Waals surface area (Å²) in [5, 5.41) is 22.6. The Morgan fingerprint density at radius 2 is 2.00 bits per heavy atom. The number of halogens is 1. The lowest BCUT2D eigenvalue weighted by atomic mass is 10.1. The van der Waals surface area contributed by atoms with E-state index >= 15 is 0 Å². The quantitative estimate of drug-likeness (QED) is 0.241. The molecule has 1 aliphatic rings. The number of H-pyrrole nitrogens is 1. The first-order chi connectivity index (χ1) is 16.5. The van der Waals surface area contributed by atoms with Gasteiger partial charge in [-0.05, 0) is 44.7 Å². The highest BCUT2D eigenvalue weighted by Gasteiger charge is 2.47. The molecule has 1 aromatic heterocycles. The third-order valence-electron chi connectivity index (χ3n) is 5.00. The molecule has 0 saturated carbocycles. The van der Waals surface area contributed by atoms with E-state index in [1.165, 1.54) is 17.3 Å². The van der Waals surface area contributed by atoms with E-state index < -0.39 is 60.1 Å². The number of nitrogens with zero attached hydrogens (tertiary/aromatic N) is 1. The maximum Gasteiger partial charge on any atom is 0.407 e. The van der Waals surface area contributed by atoms with E-state index in [0.717, 1.165) is 4.57 Å². The average molecular weight is 562 g/mol. The summed E-state index contributed by atoms with van der Waals surface area (Å²) < 4.78 is 17.1. The molecule has 0 unspecified atom stereocenters. The van der Waals surface area contributed by atoms with Gasteiger partial charge in [0.15, 0.2) is 12.3 Å². The van der Waals surface area contributed by atoms with Crippen molar-refractivity contribution in [1.29, 1.82) is 0 Å². The van der Waals surface area contributed by atoms with Gasteiger partial charge < -0.3 is 29.7 Å². The fourth-order valence-electron chi connectivity index (χ4n) is 3.38. The van der Waals surface area contributed by atoms with Crippen molar-refractivity contribution in [2.75, 3.05) is 13.2 Å². The fourth-order valence-corrected chi connectivity index (χ4v) is 3.67. The maximum absolute atomic E-state index is 12.4. The van der Waals surface area contributed by atoms with Gasteiger partial charge in [0.1, 0.15) is 17.8 Å². The number of aromatic amines is 1. The second-order valence-corrected chi connectivity index (χ2v) is 9.50. The van der Waals surface area contributed by atoms with E-state index in [4.69, 9.17) is 14.2 Å². The monoisotopic (exact) mass is 561 g/mol. The molecule has 35 heavy (non-hydrogen) atoms. The average Bonchev–Trinajstić information content (AvgIpc) is 3.06. The number of rotatable bonds is 10. The Morgan fingerprint density at radius 3 is 2.63 bits per heavy atom. The van der Waals surface area contributed by atoms with E-state index in [-0.39, 0.29) is 12.0 Å².